The van der Waals surface area contributed by atoms with E-state index in [4.69, 9.17) is 0 Å². The van der Waals surface area contributed by atoms with E-state index >= 15 is 0 Å². The minimum Gasteiger partial charge on any atom is -0.346 e. The largest absolute Gasteiger partial charge is 0.416 e. The number of likely N-dealkylation sites (tertiary alicyclic amines) is 2. The van der Waals surface area contributed by atoms with Crippen molar-refractivity contribution in [2.75, 3.05) is 26.2 Å². The van der Waals surface area contributed by atoms with Gasteiger partial charge in [0.1, 0.15) is 23.3 Å². The zero-order valence-electron chi connectivity index (χ0n) is 21.2. The van der Waals surface area contributed by atoms with Gasteiger partial charge in [0.15, 0.2) is 0 Å². The fourth-order valence-corrected chi connectivity index (χ4v) is 5.73. The number of nitriles is 1. The zero-order chi connectivity index (χ0) is 28.1. The lowest BCUT2D eigenvalue weighted by Crippen LogP contribution is -2.66. The van der Waals surface area contributed by atoms with E-state index in [1.165, 1.54) is 11.2 Å². The number of aromatic nitrogens is 5. The smallest absolute Gasteiger partial charge is 0.346 e. The van der Waals surface area contributed by atoms with E-state index in [0.29, 0.717) is 45.1 Å². The molecule has 1 N–H and O–H groups in total. The van der Waals surface area contributed by atoms with Crippen molar-refractivity contribution < 1.29 is 22.4 Å². The number of benzene rings is 1. The lowest BCUT2D eigenvalue weighted by atomic mass is 9.83. The van der Waals surface area contributed by atoms with Gasteiger partial charge in [-0.1, -0.05) is 0 Å². The number of nitrogens with one attached hydrogen (secondary N) is 1. The van der Waals surface area contributed by atoms with Crippen molar-refractivity contribution in [3.8, 4) is 17.3 Å². The van der Waals surface area contributed by atoms with Crippen molar-refractivity contribution in [1.29, 1.82) is 5.26 Å². The van der Waals surface area contributed by atoms with Crippen molar-refractivity contribution >= 4 is 16.9 Å². The Labute approximate surface area is 226 Å². The maximum Gasteiger partial charge on any atom is 0.416 e. The van der Waals surface area contributed by atoms with Gasteiger partial charge >= 0.3 is 6.18 Å². The third-order valence-corrected chi connectivity index (χ3v) is 7.89. The Morgan fingerprint density at radius 2 is 1.95 bits per heavy atom. The normalized spacial score (nSPS) is 18.0. The van der Waals surface area contributed by atoms with Crippen LogP contribution >= 0.6 is 0 Å². The molecule has 1 amide bonds. The first-order chi connectivity index (χ1) is 19.2. The number of halogens is 4. The van der Waals surface area contributed by atoms with E-state index in [1.54, 1.807) is 12.4 Å². The van der Waals surface area contributed by atoms with E-state index < -0.39 is 29.0 Å². The van der Waals surface area contributed by atoms with Crippen LogP contribution in [0, 0.1) is 17.1 Å². The third-order valence-electron chi connectivity index (χ3n) is 7.89. The van der Waals surface area contributed by atoms with Crippen LogP contribution < -0.4 is 0 Å². The number of carbonyl (C=O) groups excluding carboxylic acids is 1. The summed E-state index contributed by atoms with van der Waals surface area (Å²) in [5.41, 5.74) is 0.322. The molecular weight excluding hydrogens is 528 g/mol. The number of carbonyl (C=O) groups is 1. The van der Waals surface area contributed by atoms with Crippen LogP contribution in [0.25, 0.3) is 22.3 Å². The van der Waals surface area contributed by atoms with Crippen molar-refractivity contribution in [1.82, 2.24) is 34.5 Å². The Kier molecular flexibility index (Phi) is 6.29. The van der Waals surface area contributed by atoms with Crippen molar-refractivity contribution in [2.45, 2.75) is 37.0 Å². The first-order valence-electron chi connectivity index (χ1n) is 12.8. The van der Waals surface area contributed by atoms with Gasteiger partial charge in [-0.2, -0.15) is 23.5 Å². The quantitative estimate of drug-likeness (QED) is 0.372. The molecule has 13 heteroatoms. The van der Waals surface area contributed by atoms with Gasteiger partial charge in [-0.15, -0.1) is 0 Å². The van der Waals surface area contributed by atoms with Gasteiger partial charge in [0.2, 0.25) is 0 Å². The number of amides is 1. The van der Waals surface area contributed by atoms with E-state index in [2.05, 4.69) is 31.0 Å². The molecule has 2 aliphatic heterocycles. The Balaban J connectivity index is 1.10. The van der Waals surface area contributed by atoms with Crippen LogP contribution in [0.2, 0.25) is 0 Å². The van der Waals surface area contributed by atoms with Gasteiger partial charge in [0, 0.05) is 55.6 Å². The highest BCUT2D eigenvalue weighted by Crippen LogP contribution is 2.37. The highest BCUT2D eigenvalue weighted by Gasteiger charge is 2.48. The second kappa shape index (κ2) is 9.71. The minimum absolute atomic E-state index is 0.157. The molecule has 206 valence electrons. The summed E-state index contributed by atoms with van der Waals surface area (Å²) in [7, 11) is 0. The molecule has 5 heterocycles. The summed E-state index contributed by atoms with van der Waals surface area (Å²) in [6.45, 7) is 1.93. The van der Waals surface area contributed by atoms with Crippen LogP contribution in [0.15, 0.2) is 49.2 Å². The molecule has 2 fully saturated rings. The Hall–Kier alpha value is -4.31. The molecule has 2 aliphatic rings. The predicted octanol–water partition coefficient (Wildman–Crippen LogP) is 4.21. The molecule has 0 unspecified atom stereocenters. The van der Waals surface area contributed by atoms with E-state index in [0.717, 1.165) is 34.4 Å². The van der Waals surface area contributed by atoms with Gasteiger partial charge in [-0.3, -0.25) is 14.4 Å². The third kappa shape index (κ3) is 4.48. The summed E-state index contributed by atoms with van der Waals surface area (Å²) in [4.78, 5) is 28.3. The van der Waals surface area contributed by atoms with Crippen LogP contribution in [0.1, 0.15) is 35.2 Å². The number of piperidine rings is 1. The van der Waals surface area contributed by atoms with E-state index in [1.807, 2.05) is 16.9 Å². The number of hydrogen-bond acceptors (Lipinski definition) is 6. The number of fused-ring (bicyclic) bond motifs is 1. The van der Waals surface area contributed by atoms with E-state index in [-0.39, 0.29) is 18.0 Å². The van der Waals surface area contributed by atoms with E-state index in [9.17, 15) is 27.6 Å². The number of hydrogen-bond donors (Lipinski definition) is 1. The molecule has 0 aliphatic carbocycles. The molecule has 9 nitrogen and oxygen atoms in total. The molecular formula is C27H24F4N8O. The summed E-state index contributed by atoms with van der Waals surface area (Å²) in [5, 5.41) is 15.0. The lowest BCUT2D eigenvalue weighted by Gasteiger charge is -2.53. The standard InChI is InChI=1S/C27H24F4N8O/c28-22-11-18(27(29,30)31)1-2-20(22)25(40)37-9-4-19(5-10-37)38-14-26(15-38,6-7-32)39-13-17(12-36-39)23-21-3-8-33-24(21)35-16-34-23/h1-3,8,11-13,16,19H,4-6,9-10,14-15H2,(H,33,34,35). The van der Waals surface area contributed by atoms with Crippen LogP contribution in [-0.2, 0) is 11.7 Å². The molecule has 0 spiro atoms. The fraction of sp³-hybridized carbons (Fsp3) is 0.370. The summed E-state index contributed by atoms with van der Waals surface area (Å²) >= 11 is 0. The second-order valence-corrected chi connectivity index (χ2v) is 10.3. The van der Waals surface area contributed by atoms with Crippen molar-refractivity contribution in [3.63, 3.8) is 0 Å². The SMILES string of the molecule is N#CCC1(n2cc(-c3ncnc4[nH]ccc34)cn2)CN(C2CCN(C(=O)c3ccc(C(F)(F)F)cc3F)CC2)C1. The molecule has 0 atom stereocenters. The molecule has 1 aromatic carbocycles. The van der Waals surface area contributed by atoms with Gasteiger partial charge in [-0.05, 0) is 37.1 Å². The number of alkyl halides is 3. The molecule has 4 aromatic rings. The maximum atomic E-state index is 14.3. The zero-order valence-corrected chi connectivity index (χ0v) is 21.2. The number of rotatable bonds is 5. The van der Waals surface area contributed by atoms with Crippen LogP contribution in [-0.4, -0.2) is 72.7 Å². The second-order valence-electron chi connectivity index (χ2n) is 10.3. The first kappa shape index (κ1) is 25.9. The molecule has 3 aromatic heterocycles. The highest BCUT2D eigenvalue weighted by molar-refractivity contribution is 5.94. The van der Waals surface area contributed by atoms with Crippen LogP contribution in [0.4, 0.5) is 17.6 Å². The molecule has 6 rings (SSSR count). The lowest BCUT2D eigenvalue weighted by molar-refractivity contribution is -0.137. The monoisotopic (exact) mass is 552 g/mol. The van der Waals surface area contributed by atoms with Crippen molar-refractivity contribution in [3.05, 3.63) is 66.1 Å². The van der Waals surface area contributed by atoms with Gasteiger partial charge in [0.25, 0.3) is 5.91 Å². The molecule has 0 radical (unpaired) electrons. The molecule has 0 bridgehead atoms. The summed E-state index contributed by atoms with van der Waals surface area (Å²) < 4.78 is 54.7. The maximum absolute atomic E-state index is 14.3. The topological polar surface area (TPSA) is 107 Å². The highest BCUT2D eigenvalue weighted by atomic mass is 19.4. The van der Waals surface area contributed by atoms with Gasteiger partial charge in [-0.25, -0.2) is 14.4 Å². The summed E-state index contributed by atoms with van der Waals surface area (Å²) in [6.07, 6.45) is 3.79. The Bertz CT molecular complexity index is 1610. The van der Waals surface area contributed by atoms with Gasteiger partial charge in [0.05, 0.1) is 35.5 Å². The summed E-state index contributed by atoms with van der Waals surface area (Å²) in [6, 6.07) is 6.34. The Morgan fingerprint density at radius 3 is 2.65 bits per heavy atom. The summed E-state index contributed by atoms with van der Waals surface area (Å²) in [5.74, 6) is -1.79. The number of aromatic amines is 1. The Morgan fingerprint density at radius 1 is 1.18 bits per heavy atom. The van der Waals surface area contributed by atoms with Crippen molar-refractivity contribution in [2.24, 2.45) is 0 Å². The first-order valence-corrected chi connectivity index (χ1v) is 12.8. The van der Waals surface area contributed by atoms with Gasteiger partial charge < -0.3 is 9.88 Å². The molecule has 0 saturated carbocycles. The average Bonchev–Trinajstić information content (AvgIpc) is 3.60. The minimum atomic E-state index is -4.68. The predicted molar refractivity (Wildman–Crippen MR) is 135 cm³/mol. The van der Waals surface area contributed by atoms with Crippen LogP contribution in [0.3, 0.4) is 0 Å². The fourth-order valence-electron chi connectivity index (χ4n) is 5.73. The number of H-pyrrole nitrogens is 1. The van der Waals surface area contributed by atoms with Crippen LogP contribution in [0.5, 0.6) is 0 Å². The number of nitrogens with zero attached hydrogens (tertiary/aromatic N) is 7. The molecule has 40 heavy (non-hydrogen) atoms. The molecule has 2 saturated heterocycles. The average molecular weight is 553 g/mol.